The molecular weight excluding hydrogens is 352 g/mol. The molecule has 2 rings (SSSR count). The third kappa shape index (κ3) is 4.69. The number of thiophene rings is 1. The molecule has 0 aliphatic carbocycles. The lowest BCUT2D eigenvalue weighted by Gasteiger charge is -2.20. The molecule has 0 saturated heterocycles. The molecule has 0 atom stereocenters. The van der Waals surface area contributed by atoms with Crippen molar-refractivity contribution in [3.63, 3.8) is 0 Å². The van der Waals surface area contributed by atoms with Crippen LogP contribution in [-0.4, -0.2) is 68.8 Å². The molecule has 0 amide bonds. The van der Waals surface area contributed by atoms with Crippen molar-refractivity contribution in [2.45, 2.75) is 26.8 Å². The van der Waals surface area contributed by atoms with Gasteiger partial charge in [0.05, 0.1) is 18.5 Å². The molecule has 0 unspecified atom stereocenters. The predicted octanol–water partition coefficient (Wildman–Crippen LogP) is 2.71. The van der Waals surface area contributed by atoms with Gasteiger partial charge in [-0.05, 0) is 39.9 Å². The Morgan fingerprint density at radius 3 is 2.58 bits per heavy atom. The quantitative estimate of drug-likeness (QED) is 0.489. The monoisotopic (exact) mass is 380 g/mol. The summed E-state index contributed by atoms with van der Waals surface area (Å²) in [4.78, 5) is 27.3. The van der Waals surface area contributed by atoms with Gasteiger partial charge in [0.2, 0.25) is 0 Å². The summed E-state index contributed by atoms with van der Waals surface area (Å²) < 4.78 is 10.4. The first kappa shape index (κ1) is 20.5. The SMILES string of the molecule is CCOC(=O)c1sc2nc(CN(C)C)nc(N(C)CCCOC)c2c1C. The van der Waals surface area contributed by atoms with Crippen LogP contribution in [0.2, 0.25) is 0 Å². The zero-order valence-electron chi connectivity index (χ0n) is 16.5. The Hall–Kier alpha value is -1.77. The number of fused-ring (bicyclic) bond motifs is 1. The number of aromatic nitrogens is 2. The first-order valence-electron chi connectivity index (χ1n) is 8.70. The standard InChI is InChI=1S/C18H28N4O3S/c1-7-25-18(23)15-12(2)14-16(22(5)9-8-10-24-6)19-13(11-21(3)4)20-17(14)26-15/h7-11H2,1-6H3. The van der Waals surface area contributed by atoms with Crippen LogP contribution < -0.4 is 4.90 Å². The Morgan fingerprint density at radius 2 is 1.96 bits per heavy atom. The number of nitrogens with zero attached hydrogens (tertiary/aromatic N) is 4. The number of hydrogen-bond acceptors (Lipinski definition) is 8. The first-order valence-corrected chi connectivity index (χ1v) is 9.52. The smallest absolute Gasteiger partial charge is 0.348 e. The molecule has 26 heavy (non-hydrogen) atoms. The van der Waals surface area contributed by atoms with E-state index in [0.717, 1.165) is 40.4 Å². The molecular formula is C18H28N4O3S. The minimum atomic E-state index is -0.296. The van der Waals surface area contributed by atoms with E-state index in [2.05, 4.69) is 9.88 Å². The molecule has 2 heterocycles. The van der Waals surface area contributed by atoms with Crippen LogP contribution in [0.1, 0.15) is 34.4 Å². The minimum absolute atomic E-state index is 0.296. The second kappa shape index (κ2) is 9.25. The van der Waals surface area contributed by atoms with Gasteiger partial charge in [-0.25, -0.2) is 14.8 Å². The summed E-state index contributed by atoms with van der Waals surface area (Å²) in [6.45, 7) is 6.25. The van der Waals surface area contributed by atoms with Crippen molar-refractivity contribution in [3.8, 4) is 0 Å². The lowest BCUT2D eigenvalue weighted by molar-refractivity contribution is 0.0531. The Labute approximate surface area is 158 Å². The molecule has 2 aromatic rings. The highest BCUT2D eigenvalue weighted by atomic mass is 32.1. The second-order valence-corrected chi connectivity index (χ2v) is 7.43. The highest BCUT2D eigenvalue weighted by Gasteiger charge is 2.23. The van der Waals surface area contributed by atoms with Crippen molar-refractivity contribution in [2.75, 3.05) is 52.9 Å². The average molecular weight is 381 g/mol. The summed E-state index contributed by atoms with van der Waals surface area (Å²) in [5, 5.41) is 0.931. The van der Waals surface area contributed by atoms with Crippen LogP contribution in [0.25, 0.3) is 10.2 Å². The van der Waals surface area contributed by atoms with Crippen molar-refractivity contribution >= 4 is 33.3 Å². The van der Waals surface area contributed by atoms with Gasteiger partial charge < -0.3 is 19.3 Å². The maximum absolute atomic E-state index is 12.3. The Kier molecular flexibility index (Phi) is 7.31. The van der Waals surface area contributed by atoms with Crippen LogP contribution in [0, 0.1) is 6.92 Å². The molecule has 0 radical (unpaired) electrons. The van der Waals surface area contributed by atoms with Crippen LogP contribution >= 0.6 is 11.3 Å². The number of aryl methyl sites for hydroxylation is 1. The lowest BCUT2D eigenvalue weighted by atomic mass is 10.2. The van der Waals surface area contributed by atoms with Gasteiger partial charge in [0.1, 0.15) is 21.3 Å². The van der Waals surface area contributed by atoms with Crippen LogP contribution in [0.15, 0.2) is 0 Å². The third-order valence-corrected chi connectivity index (χ3v) is 5.11. The molecule has 0 fully saturated rings. The molecule has 0 N–H and O–H groups in total. The Morgan fingerprint density at radius 1 is 1.23 bits per heavy atom. The molecule has 0 spiro atoms. The summed E-state index contributed by atoms with van der Waals surface area (Å²) in [5.74, 6) is 1.30. The zero-order valence-corrected chi connectivity index (χ0v) is 17.3. The number of esters is 1. The van der Waals surface area contributed by atoms with Crippen molar-refractivity contribution in [1.82, 2.24) is 14.9 Å². The topological polar surface area (TPSA) is 67.8 Å². The van der Waals surface area contributed by atoms with Gasteiger partial charge in [-0.3, -0.25) is 0 Å². The van der Waals surface area contributed by atoms with E-state index in [9.17, 15) is 4.79 Å². The normalized spacial score (nSPS) is 11.3. The highest BCUT2D eigenvalue weighted by Crippen LogP contribution is 2.35. The Bertz CT molecular complexity index is 760. The predicted molar refractivity (Wildman–Crippen MR) is 105 cm³/mol. The highest BCUT2D eigenvalue weighted by molar-refractivity contribution is 7.20. The van der Waals surface area contributed by atoms with E-state index in [0.29, 0.717) is 24.6 Å². The number of anilines is 1. The van der Waals surface area contributed by atoms with Crippen molar-refractivity contribution in [1.29, 1.82) is 0 Å². The number of rotatable bonds is 9. The lowest BCUT2D eigenvalue weighted by Crippen LogP contribution is -2.23. The number of ether oxygens (including phenoxy) is 2. The van der Waals surface area contributed by atoms with E-state index >= 15 is 0 Å². The maximum Gasteiger partial charge on any atom is 0.348 e. The summed E-state index contributed by atoms with van der Waals surface area (Å²) >= 11 is 1.38. The van der Waals surface area contributed by atoms with Crippen LogP contribution in [0.5, 0.6) is 0 Å². The van der Waals surface area contributed by atoms with E-state index in [1.807, 2.05) is 39.9 Å². The summed E-state index contributed by atoms with van der Waals surface area (Å²) in [6.07, 6.45) is 0.898. The van der Waals surface area contributed by atoms with Gasteiger partial charge in [0.25, 0.3) is 0 Å². The van der Waals surface area contributed by atoms with Gasteiger partial charge in [-0.1, -0.05) is 0 Å². The molecule has 144 valence electrons. The van der Waals surface area contributed by atoms with E-state index in [-0.39, 0.29) is 5.97 Å². The molecule has 0 aromatic carbocycles. The van der Waals surface area contributed by atoms with E-state index in [1.54, 1.807) is 7.11 Å². The van der Waals surface area contributed by atoms with Gasteiger partial charge in [0, 0.05) is 27.3 Å². The fraction of sp³-hybridized carbons (Fsp3) is 0.611. The zero-order chi connectivity index (χ0) is 19.3. The number of carbonyl (C=O) groups is 1. The molecule has 0 aliphatic heterocycles. The number of methoxy groups -OCH3 is 1. The van der Waals surface area contributed by atoms with Crippen molar-refractivity contribution < 1.29 is 14.3 Å². The molecule has 8 heteroatoms. The number of hydrogen-bond donors (Lipinski definition) is 0. The summed E-state index contributed by atoms with van der Waals surface area (Å²) in [5.41, 5.74) is 0.883. The van der Waals surface area contributed by atoms with Crippen molar-refractivity contribution in [3.05, 3.63) is 16.3 Å². The van der Waals surface area contributed by atoms with Gasteiger partial charge in [-0.15, -0.1) is 11.3 Å². The van der Waals surface area contributed by atoms with Gasteiger partial charge >= 0.3 is 5.97 Å². The second-order valence-electron chi connectivity index (χ2n) is 6.43. The minimum Gasteiger partial charge on any atom is -0.462 e. The third-order valence-electron chi connectivity index (χ3n) is 3.94. The number of carbonyl (C=O) groups excluding carboxylic acids is 1. The summed E-state index contributed by atoms with van der Waals surface area (Å²) in [7, 11) is 7.68. The fourth-order valence-electron chi connectivity index (χ4n) is 2.73. The van der Waals surface area contributed by atoms with Gasteiger partial charge in [0.15, 0.2) is 0 Å². The average Bonchev–Trinajstić information content (AvgIpc) is 2.91. The van der Waals surface area contributed by atoms with Gasteiger partial charge in [-0.2, -0.15) is 0 Å². The van der Waals surface area contributed by atoms with E-state index in [1.165, 1.54) is 11.3 Å². The van der Waals surface area contributed by atoms with Crippen LogP contribution in [0.4, 0.5) is 5.82 Å². The van der Waals surface area contributed by atoms with E-state index in [4.69, 9.17) is 14.5 Å². The summed E-state index contributed by atoms with van der Waals surface area (Å²) in [6, 6.07) is 0. The van der Waals surface area contributed by atoms with E-state index < -0.39 is 0 Å². The molecule has 0 saturated carbocycles. The molecule has 0 bridgehead atoms. The fourth-order valence-corrected chi connectivity index (χ4v) is 3.82. The van der Waals surface area contributed by atoms with Crippen LogP contribution in [-0.2, 0) is 16.0 Å². The molecule has 7 nitrogen and oxygen atoms in total. The Balaban J connectivity index is 2.52. The maximum atomic E-state index is 12.3. The van der Waals surface area contributed by atoms with Crippen LogP contribution in [0.3, 0.4) is 0 Å². The first-order chi connectivity index (χ1) is 12.4. The van der Waals surface area contributed by atoms with Crippen molar-refractivity contribution in [2.24, 2.45) is 0 Å². The largest absolute Gasteiger partial charge is 0.462 e. The molecule has 2 aromatic heterocycles. The molecule has 0 aliphatic rings.